The molecule has 0 spiro atoms. The minimum atomic E-state index is -0.399. The van der Waals surface area contributed by atoms with E-state index in [-0.39, 0.29) is 5.52 Å². The average molecular weight is 258 g/mol. The Kier molecular flexibility index (Phi) is 3.31. The lowest BCUT2D eigenvalue weighted by atomic mass is 10.1. The van der Waals surface area contributed by atoms with Gasteiger partial charge >= 0.3 is 0 Å². The van der Waals surface area contributed by atoms with E-state index in [1.165, 1.54) is 12.1 Å². The van der Waals surface area contributed by atoms with Crippen molar-refractivity contribution in [1.82, 2.24) is 4.98 Å². The van der Waals surface area contributed by atoms with Crippen LogP contribution in [0.1, 0.15) is 18.9 Å². The lowest BCUT2D eigenvalue weighted by Crippen LogP contribution is -1.92. The van der Waals surface area contributed by atoms with Gasteiger partial charge in [-0.2, -0.15) is 0 Å². The molecule has 0 aliphatic heterocycles. The summed E-state index contributed by atoms with van der Waals surface area (Å²) >= 11 is 12.0. The summed E-state index contributed by atoms with van der Waals surface area (Å²) in [6, 6.07) is 4.65. The maximum atomic E-state index is 13.5. The summed E-state index contributed by atoms with van der Waals surface area (Å²) < 4.78 is 13.5. The van der Waals surface area contributed by atoms with Gasteiger partial charge in [-0.05, 0) is 30.2 Å². The highest BCUT2D eigenvalue weighted by Gasteiger charge is 2.10. The van der Waals surface area contributed by atoms with Crippen LogP contribution in [0.3, 0.4) is 0 Å². The molecule has 1 nitrogen and oxygen atoms in total. The summed E-state index contributed by atoms with van der Waals surface area (Å²) in [6.45, 7) is 2.05. The summed E-state index contributed by atoms with van der Waals surface area (Å²) in [5.74, 6) is -0.399. The number of pyridine rings is 1. The van der Waals surface area contributed by atoms with Gasteiger partial charge in [0.1, 0.15) is 16.5 Å². The smallest absolute Gasteiger partial charge is 0.149 e. The van der Waals surface area contributed by atoms with E-state index in [4.69, 9.17) is 23.2 Å². The monoisotopic (exact) mass is 257 g/mol. The van der Waals surface area contributed by atoms with E-state index in [0.29, 0.717) is 15.6 Å². The zero-order chi connectivity index (χ0) is 11.7. The molecule has 0 unspecified atom stereocenters. The average Bonchev–Trinajstić information content (AvgIpc) is 2.26. The molecular formula is C12H10Cl2FN. The molecule has 4 heteroatoms. The second-order valence-electron chi connectivity index (χ2n) is 3.61. The van der Waals surface area contributed by atoms with E-state index >= 15 is 0 Å². The molecule has 0 saturated heterocycles. The van der Waals surface area contributed by atoms with Crippen molar-refractivity contribution in [3.63, 3.8) is 0 Å². The molecule has 1 aromatic heterocycles. The van der Waals surface area contributed by atoms with Crippen LogP contribution in [-0.2, 0) is 6.42 Å². The molecular weight excluding hydrogens is 248 g/mol. The number of benzene rings is 1. The molecule has 0 fully saturated rings. The van der Waals surface area contributed by atoms with Gasteiger partial charge in [0.05, 0.1) is 5.02 Å². The Hall–Kier alpha value is -0.860. The number of fused-ring (bicyclic) bond motifs is 1. The van der Waals surface area contributed by atoms with Crippen molar-refractivity contribution in [2.24, 2.45) is 0 Å². The standard InChI is InChI=1S/C12H10Cl2FN/c1-2-3-7-6-8-9(13)4-5-10(15)11(8)16-12(7)14/h4-6H,2-3H2,1H3. The van der Waals surface area contributed by atoms with Crippen molar-refractivity contribution < 1.29 is 4.39 Å². The van der Waals surface area contributed by atoms with Crippen molar-refractivity contribution in [2.45, 2.75) is 19.8 Å². The van der Waals surface area contributed by atoms with E-state index in [2.05, 4.69) is 4.98 Å². The van der Waals surface area contributed by atoms with Crippen LogP contribution in [-0.4, -0.2) is 4.98 Å². The Morgan fingerprint density at radius 1 is 1.31 bits per heavy atom. The predicted octanol–water partition coefficient (Wildman–Crippen LogP) is 4.63. The third-order valence-electron chi connectivity index (χ3n) is 2.43. The molecule has 1 heterocycles. The van der Waals surface area contributed by atoms with Gasteiger partial charge in [0.15, 0.2) is 0 Å². The molecule has 0 aliphatic carbocycles. The van der Waals surface area contributed by atoms with Gasteiger partial charge in [-0.1, -0.05) is 36.5 Å². The molecule has 0 N–H and O–H groups in total. The minimum Gasteiger partial charge on any atom is -0.233 e. The van der Waals surface area contributed by atoms with Gasteiger partial charge in [0.25, 0.3) is 0 Å². The minimum absolute atomic E-state index is 0.234. The second-order valence-corrected chi connectivity index (χ2v) is 4.38. The van der Waals surface area contributed by atoms with Crippen LogP contribution < -0.4 is 0 Å². The summed E-state index contributed by atoms with van der Waals surface area (Å²) in [6.07, 6.45) is 1.77. The lowest BCUT2D eigenvalue weighted by molar-refractivity contribution is 0.636. The zero-order valence-corrected chi connectivity index (χ0v) is 10.2. The number of nitrogens with zero attached hydrogens (tertiary/aromatic N) is 1. The molecule has 0 radical (unpaired) electrons. The van der Waals surface area contributed by atoms with Gasteiger partial charge in [0.2, 0.25) is 0 Å². The number of aryl methyl sites for hydroxylation is 1. The molecule has 1 aromatic carbocycles. The highest BCUT2D eigenvalue weighted by molar-refractivity contribution is 6.36. The van der Waals surface area contributed by atoms with Crippen molar-refractivity contribution >= 4 is 34.1 Å². The molecule has 2 rings (SSSR count). The zero-order valence-electron chi connectivity index (χ0n) is 8.73. The van der Waals surface area contributed by atoms with E-state index in [1.54, 1.807) is 0 Å². The van der Waals surface area contributed by atoms with Crippen LogP contribution >= 0.6 is 23.2 Å². The Bertz CT molecular complexity index is 540. The SMILES string of the molecule is CCCc1cc2c(Cl)ccc(F)c2nc1Cl. The molecule has 0 amide bonds. The number of hydrogen-bond acceptors (Lipinski definition) is 1. The van der Waals surface area contributed by atoms with Crippen LogP contribution in [0.4, 0.5) is 4.39 Å². The van der Waals surface area contributed by atoms with Crippen molar-refractivity contribution in [2.75, 3.05) is 0 Å². The van der Waals surface area contributed by atoms with Crippen LogP contribution in [0.5, 0.6) is 0 Å². The first-order chi connectivity index (χ1) is 7.63. The Balaban J connectivity index is 2.73. The molecule has 2 aromatic rings. The van der Waals surface area contributed by atoms with Gasteiger partial charge in [-0.25, -0.2) is 9.37 Å². The summed E-state index contributed by atoms with van der Waals surface area (Å²) in [5.41, 5.74) is 1.14. The largest absolute Gasteiger partial charge is 0.233 e. The van der Waals surface area contributed by atoms with Gasteiger partial charge < -0.3 is 0 Å². The fourth-order valence-electron chi connectivity index (χ4n) is 1.66. The molecule has 0 bridgehead atoms. The maximum Gasteiger partial charge on any atom is 0.149 e. The second kappa shape index (κ2) is 4.56. The lowest BCUT2D eigenvalue weighted by Gasteiger charge is -2.06. The third-order valence-corrected chi connectivity index (χ3v) is 3.08. The maximum absolute atomic E-state index is 13.5. The highest BCUT2D eigenvalue weighted by atomic mass is 35.5. The fraction of sp³-hybridized carbons (Fsp3) is 0.250. The molecule has 0 aliphatic rings. The van der Waals surface area contributed by atoms with Crippen LogP contribution in [0.15, 0.2) is 18.2 Å². The first-order valence-corrected chi connectivity index (χ1v) is 5.82. The van der Waals surface area contributed by atoms with Crippen LogP contribution in [0.2, 0.25) is 10.2 Å². The number of rotatable bonds is 2. The first-order valence-electron chi connectivity index (χ1n) is 5.06. The quantitative estimate of drug-likeness (QED) is 0.715. The molecule has 0 atom stereocenters. The van der Waals surface area contributed by atoms with Gasteiger partial charge in [-0.3, -0.25) is 0 Å². The molecule has 16 heavy (non-hydrogen) atoms. The number of halogens is 3. The number of hydrogen-bond donors (Lipinski definition) is 0. The third kappa shape index (κ3) is 2.00. The fourth-order valence-corrected chi connectivity index (χ4v) is 2.10. The van der Waals surface area contributed by atoms with E-state index in [1.807, 2.05) is 13.0 Å². The Morgan fingerprint density at radius 3 is 2.75 bits per heavy atom. The van der Waals surface area contributed by atoms with Crippen LogP contribution in [0.25, 0.3) is 10.9 Å². The Morgan fingerprint density at radius 2 is 2.06 bits per heavy atom. The first kappa shape index (κ1) is 11.6. The van der Waals surface area contributed by atoms with Crippen molar-refractivity contribution in [1.29, 1.82) is 0 Å². The van der Waals surface area contributed by atoms with Crippen LogP contribution in [0, 0.1) is 5.82 Å². The highest BCUT2D eigenvalue weighted by Crippen LogP contribution is 2.28. The van der Waals surface area contributed by atoms with E-state index in [0.717, 1.165) is 18.4 Å². The topological polar surface area (TPSA) is 12.9 Å². The molecule has 84 valence electrons. The van der Waals surface area contributed by atoms with Crippen molar-refractivity contribution in [3.05, 3.63) is 39.8 Å². The van der Waals surface area contributed by atoms with Crippen molar-refractivity contribution in [3.8, 4) is 0 Å². The van der Waals surface area contributed by atoms with E-state index in [9.17, 15) is 4.39 Å². The Labute approximate surface area is 103 Å². The number of aromatic nitrogens is 1. The normalized spacial score (nSPS) is 11.0. The van der Waals surface area contributed by atoms with Gasteiger partial charge in [-0.15, -0.1) is 0 Å². The summed E-state index contributed by atoms with van der Waals surface area (Å²) in [5, 5.41) is 1.47. The molecule has 0 saturated carbocycles. The predicted molar refractivity (Wildman–Crippen MR) is 65.7 cm³/mol. The van der Waals surface area contributed by atoms with Gasteiger partial charge in [0, 0.05) is 5.39 Å². The summed E-state index contributed by atoms with van der Waals surface area (Å²) in [4.78, 5) is 4.06. The van der Waals surface area contributed by atoms with E-state index < -0.39 is 5.82 Å². The summed E-state index contributed by atoms with van der Waals surface area (Å²) in [7, 11) is 0.